The minimum Gasteiger partial charge on any atom is -0.450 e. The van der Waals surface area contributed by atoms with Gasteiger partial charge in [-0.15, -0.1) is 0 Å². The van der Waals surface area contributed by atoms with E-state index in [-0.39, 0.29) is 0 Å². The Morgan fingerprint density at radius 2 is 1.65 bits per heavy atom. The van der Waals surface area contributed by atoms with E-state index in [1.807, 2.05) is 24.3 Å². The Hall–Kier alpha value is -1.71. The number of rotatable bonds is 9. The second-order valence-electron chi connectivity index (χ2n) is 4.76. The first-order valence-electron chi connectivity index (χ1n) is 7.54. The number of hydrogen-bond acceptors (Lipinski definition) is 3. The first kappa shape index (κ1) is 16.3. The van der Waals surface area contributed by atoms with E-state index in [1.54, 1.807) is 6.92 Å². The lowest BCUT2D eigenvalue weighted by molar-refractivity contribution is 0.168. The van der Waals surface area contributed by atoms with Crippen LogP contribution in [0.15, 0.2) is 24.3 Å². The molecule has 20 heavy (non-hydrogen) atoms. The van der Waals surface area contributed by atoms with Crippen molar-refractivity contribution in [2.24, 2.45) is 0 Å². The molecule has 0 aliphatic rings. The third kappa shape index (κ3) is 7.02. The van der Waals surface area contributed by atoms with Gasteiger partial charge >= 0.3 is 6.09 Å². The number of carbonyl (C=O) groups is 1. The zero-order valence-electron chi connectivity index (χ0n) is 12.6. The molecule has 1 aromatic carbocycles. The number of benzene rings is 1. The standard InChI is InChI=1S/C16H26N2O2/c1-3-5-6-7-8-13-17-14-9-11-15(12-10-14)18-16(19)20-4-2/h9-12,17H,3-8,13H2,1-2H3,(H,18,19). The zero-order valence-corrected chi connectivity index (χ0v) is 12.6. The molecule has 0 heterocycles. The number of amides is 1. The van der Waals surface area contributed by atoms with Gasteiger partial charge in [-0.25, -0.2) is 4.79 Å². The van der Waals surface area contributed by atoms with E-state index in [4.69, 9.17) is 4.74 Å². The van der Waals surface area contributed by atoms with Crippen LogP contribution in [0.4, 0.5) is 16.2 Å². The van der Waals surface area contributed by atoms with Crippen molar-refractivity contribution >= 4 is 17.5 Å². The summed E-state index contributed by atoms with van der Waals surface area (Å²) >= 11 is 0. The van der Waals surface area contributed by atoms with Crippen molar-refractivity contribution in [3.63, 3.8) is 0 Å². The van der Waals surface area contributed by atoms with Gasteiger partial charge in [-0.2, -0.15) is 0 Å². The van der Waals surface area contributed by atoms with Crippen LogP contribution in [0.25, 0.3) is 0 Å². The highest BCUT2D eigenvalue weighted by Crippen LogP contribution is 2.14. The van der Waals surface area contributed by atoms with Crippen LogP contribution in [0.1, 0.15) is 46.0 Å². The summed E-state index contributed by atoms with van der Waals surface area (Å²) in [5, 5.41) is 6.05. The van der Waals surface area contributed by atoms with E-state index in [9.17, 15) is 4.79 Å². The van der Waals surface area contributed by atoms with Gasteiger partial charge in [-0.05, 0) is 37.6 Å². The monoisotopic (exact) mass is 278 g/mol. The first-order chi connectivity index (χ1) is 9.76. The minimum absolute atomic E-state index is 0.378. The predicted octanol–water partition coefficient (Wildman–Crippen LogP) is 4.64. The Kier molecular flexibility index (Phi) is 8.27. The van der Waals surface area contributed by atoms with Gasteiger partial charge in [0.1, 0.15) is 0 Å². The maximum atomic E-state index is 11.2. The van der Waals surface area contributed by atoms with Gasteiger partial charge in [0.25, 0.3) is 0 Å². The summed E-state index contributed by atoms with van der Waals surface area (Å²) in [6.45, 7) is 5.38. The van der Waals surface area contributed by atoms with Gasteiger partial charge in [0.2, 0.25) is 0 Å². The van der Waals surface area contributed by atoms with Crippen LogP contribution >= 0.6 is 0 Å². The number of unbranched alkanes of at least 4 members (excludes halogenated alkanes) is 4. The Morgan fingerprint density at radius 3 is 2.30 bits per heavy atom. The molecule has 0 aromatic heterocycles. The second kappa shape index (κ2) is 10.1. The third-order valence-electron chi connectivity index (χ3n) is 3.02. The molecule has 0 atom stereocenters. The average molecular weight is 278 g/mol. The number of nitrogens with one attached hydrogen (secondary N) is 2. The quantitative estimate of drug-likeness (QED) is 0.647. The van der Waals surface area contributed by atoms with Crippen molar-refractivity contribution in [2.75, 3.05) is 23.8 Å². The summed E-state index contributed by atoms with van der Waals surface area (Å²) in [7, 11) is 0. The van der Waals surface area contributed by atoms with Gasteiger partial charge in [0, 0.05) is 17.9 Å². The molecule has 4 nitrogen and oxygen atoms in total. The Morgan fingerprint density at radius 1 is 1.00 bits per heavy atom. The van der Waals surface area contributed by atoms with Crippen LogP contribution in [-0.2, 0) is 4.74 Å². The topological polar surface area (TPSA) is 50.4 Å². The van der Waals surface area contributed by atoms with Crippen LogP contribution in [0, 0.1) is 0 Å². The van der Waals surface area contributed by atoms with E-state index in [0.29, 0.717) is 6.61 Å². The van der Waals surface area contributed by atoms with Gasteiger partial charge < -0.3 is 10.1 Å². The summed E-state index contributed by atoms with van der Waals surface area (Å²) in [6, 6.07) is 7.67. The largest absolute Gasteiger partial charge is 0.450 e. The van der Waals surface area contributed by atoms with Gasteiger partial charge in [0.05, 0.1) is 6.61 Å². The fourth-order valence-electron chi connectivity index (χ4n) is 1.92. The third-order valence-corrected chi connectivity index (χ3v) is 3.02. The molecule has 4 heteroatoms. The number of hydrogen-bond donors (Lipinski definition) is 2. The highest BCUT2D eigenvalue weighted by Gasteiger charge is 2.01. The zero-order chi connectivity index (χ0) is 14.6. The van der Waals surface area contributed by atoms with E-state index in [1.165, 1.54) is 32.1 Å². The number of ether oxygens (including phenoxy) is 1. The number of anilines is 2. The second-order valence-corrected chi connectivity index (χ2v) is 4.76. The highest BCUT2D eigenvalue weighted by molar-refractivity contribution is 5.84. The van der Waals surface area contributed by atoms with Crippen molar-refractivity contribution in [2.45, 2.75) is 46.0 Å². The Bertz CT molecular complexity index is 377. The molecule has 0 fully saturated rings. The smallest absolute Gasteiger partial charge is 0.411 e. The molecule has 2 N–H and O–H groups in total. The van der Waals surface area contributed by atoms with E-state index < -0.39 is 6.09 Å². The van der Waals surface area contributed by atoms with Crippen molar-refractivity contribution in [1.82, 2.24) is 0 Å². The molecule has 1 amide bonds. The maximum Gasteiger partial charge on any atom is 0.411 e. The van der Waals surface area contributed by atoms with Crippen molar-refractivity contribution in [1.29, 1.82) is 0 Å². The molecule has 0 radical (unpaired) electrons. The Labute approximate surface area is 121 Å². The summed E-state index contributed by atoms with van der Waals surface area (Å²) in [6.07, 6.45) is 5.99. The maximum absolute atomic E-state index is 11.2. The average Bonchev–Trinajstić information content (AvgIpc) is 2.45. The van der Waals surface area contributed by atoms with Crippen LogP contribution in [0.5, 0.6) is 0 Å². The molecule has 0 saturated carbocycles. The molecule has 0 aliphatic heterocycles. The molecular weight excluding hydrogens is 252 g/mol. The lowest BCUT2D eigenvalue weighted by Crippen LogP contribution is -2.13. The molecule has 0 bridgehead atoms. The van der Waals surface area contributed by atoms with Crippen molar-refractivity contribution < 1.29 is 9.53 Å². The summed E-state index contributed by atoms with van der Waals surface area (Å²) in [5.74, 6) is 0. The fourth-order valence-corrected chi connectivity index (χ4v) is 1.92. The predicted molar refractivity (Wildman–Crippen MR) is 84.3 cm³/mol. The summed E-state index contributed by atoms with van der Waals surface area (Å²) in [4.78, 5) is 11.2. The Balaban J connectivity index is 2.23. The van der Waals surface area contributed by atoms with E-state index in [0.717, 1.165) is 17.9 Å². The normalized spacial score (nSPS) is 10.1. The molecule has 1 aromatic rings. The summed E-state index contributed by atoms with van der Waals surface area (Å²) < 4.78 is 4.82. The van der Waals surface area contributed by atoms with Crippen molar-refractivity contribution in [3.8, 4) is 0 Å². The summed E-state index contributed by atoms with van der Waals surface area (Å²) in [5.41, 5.74) is 1.83. The van der Waals surface area contributed by atoms with E-state index >= 15 is 0 Å². The molecule has 0 aliphatic carbocycles. The molecule has 1 rings (SSSR count). The first-order valence-corrected chi connectivity index (χ1v) is 7.54. The van der Waals surface area contributed by atoms with Gasteiger partial charge in [0.15, 0.2) is 0 Å². The van der Waals surface area contributed by atoms with Crippen molar-refractivity contribution in [3.05, 3.63) is 24.3 Å². The highest BCUT2D eigenvalue weighted by atomic mass is 16.5. The lowest BCUT2D eigenvalue weighted by Gasteiger charge is -2.08. The van der Waals surface area contributed by atoms with Crippen LogP contribution in [0.2, 0.25) is 0 Å². The minimum atomic E-state index is -0.413. The van der Waals surface area contributed by atoms with E-state index in [2.05, 4.69) is 17.6 Å². The molecule has 0 unspecified atom stereocenters. The number of carbonyl (C=O) groups excluding carboxylic acids is 1. The van der Waals surface area contributed by atoms with Gasteiger partial charge in [-0.1, -0.05) is 32.6 Å². The lowest BCUT2D eigenvalue weighted by atomic mass is 10.1. The van der Waals surface area contributed by atoms with Crippen LogP contribution in [0.3, 0.4) is 0 Å². The van der Waals surface area contributed by atoms with Gasteiger partial charge in [-0.3, -0.25) is 5.32 Å². The molecular formula is C16H26N2O2. The van der Waals surface area contributed by atoms with Crippen LogP contribution in [-0.4, -0.2) is 19.2 Å². The van der Waals surface area contributed by atoms with Crippen LogP contribution < -0.4 is 10.6 Å². The molecule has 0 spiro atoms. The fraction of sp³-hybridized carbons (Fsp3) is 0.562. The SMILES string of the molecule is CCCCCCCNc1ccc(NC(=O)OCC)cc1. The molecule has 112 valence electrons. The molecule has 0 saturated heterocycles.